The fraction of sp³-hybridized carbons (Fsp3) is 0.222. The predicted octanol–water partition coefficient (Wildman–Crippen LogP) is -1.34. The first-order chi connectivity index (χ1) is 7.91. The van der Waals surface area contributed by atoms with Crippen LogP contribution in [0.4, 0.5) is 4.79 Å². The Bertz CT molecular complexity index is 721. The van der Waals surface area contributed by atoms with Crippen LogP contribution >= 0.6 is 0 Å². The highest BCUT2D eigenvalue weighted by Gasteiger charge is 2.10. The number of nitrogens with two attached hydrogens (primary N) is 1. The molecular formula is C9H11N5O3. The minimum Gasteiger partial charge on any atom is -0.350 e. The van der Waals surface area contributed by atoms with Gasteiger partial charge in [0, 0.05) is 20.3 Å². The Hall–Kier alpha value is -2.51. The summed E-state index contributed by atoms with van der Waals surface area (Å²) in [7, 11) is 2.93. The molecule has 0 spiro atoms. The first kappa shape index (κ1) is 11.0. The summed E-state index contributed by atoms with van der Waals surface area (Å²) >= 11 is 0. The summed E-state index contributed by atoms with van der Waals surface area (Å²) < 4.78 is 3.56. The summed E-state index contributed by atoms with van der Waals surface area (Å²) in [5.74, 6) is 0. The Morgan fingerprint density at radius 2 is 1.88 bits per heavy atom. The molecule has 2 aromatic rings. The topological polar surface area (TPSA) is 104 Å². The maximum absolute atomic E-state index is 11.8. The number of primary amides is 1. The van der Waals surface area contributed by atoms with Crippen molar-refractivity contribution in [2.24, 2.45) is 19.8 Å². The zero-order chi connectivity index (χ0) is 12.7. The number of hydrogen-bond donors (Lipinski definition) is 2. The number of hydrogen-bond acceptors (Lipinski definition) is 3. The van der Waals surface area contributed by atoms with Crippen LogP contribution < -0.4 is 22.4 Å². The highest BCUT2D eigenvalue weighted by molar-refractivity contribution is 5.82. The van der Waals surface area contributed by atoms with E-state index in [2.05, 4.69) is 5.43 Å². The molecule has 2 heterocycles. The van der Waals surface area contributed by atoms with Gasteiger partial charge in [0.05, 0.1) is 17.1 Å². The minimum atomic E-state index is -0.757. The summed E-state index contributed by atoms with van der Waals surface area (Å²) in [6.07, 6.45) is 2.85. The van der Waals surface area contributed by atoms with Crippen LogP contribution in [0.5, 0.6) is 0 Å². The molecule has 2 rings (SSSR count). The lowest BCUT2D eigenvalue weighted by atomic mass is 10.4. The Morgan fingerprint density at radius 1 is 1.24 bits per heavy atom. The Labute approximate surface area is 94.8 Å². The van der Waals surface area contributed by atoms with Gasteiger partial charge in [-0.3, -0.25) is 18.6 Å². The van der Waals surface area contributed by atoms with Crippen molar-refractivity contribution in [3.63, 3.8) is 0 Å². The van der Waals surface area contributed by atoms with Crippen LogP contribution in [0, 0.1) is 0 Å². The van der Waals surface area contributed by atoms with Crippen molar-refractivity contribution in [3.05, 3.63) is 33.2 Å². The molecule has 8 heteroatoms. The fourth-order valence-corrected chi connectivity index (χ4v) is 1.66. The lowest BCUT2D eigenvalue weighted by Crippen LogP contribution is -2.36. The summed E-state index contributed by atoms with van der Waals surface area (Å²) in [5, 5.41) is 0.323. The number of aryl methyl sites for hydroxylation is 1. The average molecular weight is 237 g/mol. The third-order valence-corrected chi connectivity index (χ3v) is 2.52. The second-order valence-electron chi connectivity index (χ2n) is 3.65. The number of carbonyl (C=O) groups excluding carboxylic acids is 1. The van der Waals surface area contributed by atoms with E-state index < -0.39 is 17.3 Å². The Kier molecular flexibility index (Phi) is 2.27. The SMILES string of the molecule is Cn1c(=O)c2cn(NC(N)=O)cc2n(C)c1=O. The van der Waals surface area contributed by atoms with Crippen LogP contribution in [0.15, 0.2) is 22.0 Å². The zero-order valence-corrected chi connectivity index (χ0v) is 9.30. The molecule has 0 unspecified atom stereocenters. The molecule has 0 aliphatic carbocycles. The summed E-state index contributed by atoms with van der Waals surface area (Å²) in [6.45, 7) is 0. The van der Waals surface area contributed by atoms with Crippen molar-refractivity contribution in [1.82, 2.24) is 13.8 Å². The van der Waals surface area contributed by atoms with Gasteiger partial charge in [-0.1, -0.05) is 0 Å². The first-order valence-electron chi connectivity index (χ1n) is 4.76. The third-order valence-electron chi connectivity index (χ3n) is 2.52. The van der Waals surface area contributed by atoms with Crippen LogP contribution in [-0.2, 0) is 14.1 Å². The summed E-state index contributed by atoms with van der Waals surface area (Å²) in [5.41, 5.74) is 6.81. The van der Waals surface area contributed by atoms with Gasteiger partial charge >= 0.3 is 11.7 Å². The molecule has 2 aromatic heterocycles. The number of carbonyl (C=O) groups is 1. The van der Waals surface area contributed by atoms with Crippen LogP contribution in [0.1, 0.15) is 0 Å². The van der Waals surface area contributed by atoms with Crippen molar-refractivity contribution in [2.45, 2.75) is 0 Å². The van der Waals surface area contributed by atoms with E-state index in [1.54, 1.807) is 7.05 Å². The van der Waals surface area contributed by atoms with Crippen molar-refractivity contribution >= 4 is 16.9 Å². The molecule has 90 valence electrons. The van der Waals surface area contributed by atoms with Gasteiger partial charge in [-0.15, -0.1) is 0 Å². The molecule has 2 amide bonds. The van der Waals surface area contributed by atoms with E-state index in [4.69, 9.17) is 5.73 Å². The molecule has 0 fully saturated rings. The van der Waals surface area contributed by atoms with E-state index in [-0.39, 0.29) is 0 Å². The lowest BCUT2D eigenvalue weighted by Gasteiger charge is -2.02. The van der Waals surface area contributed by atoms with Gasteiger partial charge in [0.25, 0.3) is 5.56 Å². The summed E-state index contributed by atoms with van der Waals surface area (Å²) in [6, 6.07) is -0.757. The van der Waals surface area contributed by atoms with Gasteiger partial charge in [-0.25, -0.2) is 15.0 Å². The third kappa shape index (κ3) is 1.59. The predicted molar refractivity (Wildman–Crippen MR) is 61.4 cm³/mol. The molecule has 0 saturated heterocycles. The largest absolute Gasteiger partial charge is 0.350 e. The van der Waals surface area contributed by atoms with Gasteiger partial charge in [-0.2, -0.15) is 0 Å². The van der Waals surface area contributed by atoms with E-state index in [0.29, 0.717) is 10.9 Å². The normalized spacial score (nSPS) is 10.7. The maximum atomic E-state index is 11.8. The van der Waals surface area contributed by atoms with Gasteiger partial charge in [0.2, 0.25) is 0 Å². The maximum Gasteiger partial charge on any atom is 0.331 e. The molecule has 0 atom stereocenters. The van der Waals surface area contributed by atoms with E-state index in [0.717, 1.165) is 4.57 Å². The minimum absolute atomic E-state index is 0.323. The van der Waals surface area contributed by atoms with Crippen LogP contribution in [-0.4, -0.2) is 19.8 Å². The van der Waals surface area contributed by atoms with Crippen LogP contribution in [0.25, 0.3) is 10.9 Å². The first-order valence-corrected chi connectivity index (χ1v) is 4.76. The molecule has 8 nitrogen and oxygen atoms in total. The lowest BCUT2D eigenvalue weighted by molar-refractivity contribution is 0.257. The van der Waals surface area contributed by atoms with Gasteiger partial charge in [-0.05, 0) is 0 Å². The number of amides is 2. The monoisotopic (exact) mass is 237 g/mol. The molecule has 0 saturated carbocycles. The van der Waals surface area contributed by atoms with Crippen molar-refractivity contribution < 1.29 is 4.79 Å². The zero-order valence-electron chi connectivity index (χ0n) is 9.30. The molecule has 0 bridgehead atoms. The molecule has 0 radical (unpaired) electrons. The molecular weight excluding hydrogens is 226 g/mol. The van der Waals surface area contributed by atoms with Crippen LogP contribution in [0.3, 0.4) is 0 Å². The highest BCUT2D eigenvalue weighted by atomic mass is 16.2. The van der Waals surface area contributed by atoms with E-state index in [1.165, 1.54) is 28.7 Å². The second kappa shape index (κ2) is 3.51. The molecule has 0 aliphatic heterocycles. The van der Waals surface area contributed by atoms with Crippen LogP contribution in [0.2, 0.25) is 0 Å². The fourth-order valence-electron chi connectivity index (χ4n) is 1.66. The average Bonchev–Trinajstić information content (AvgIpc) is 2.66. The molecule has 0 aliphatic rings. The smallest absolute Gasteiger partial charge is 0.331 e. The van der Waals surface area contributed by atoms with Crippen molar-refractivity contribution in [2.75, 3.05) is 5.43 Å². The quantitative estimate of drug-likeness (QED) is 0.641. The number of aromatic nitrogens is 3. The van der Waals surface area contributed by atoms with E-state index in [1.807, 2.05) is 0 Å². The van der Waals surface area contributed by atoms with Gasteiger partial charge < -0.3 is 5.73 Å². The van der Waals surface area contributed by atoms with Gasteiger partial charge in [0.15, 0.2) is 0 Å². The number of nitrogens with zero attached hydrogens (tertiary/aromatic N) is 3. The number of nitrogens with one attached hydrogen (secondary N) is 1. The Balaban J connectivity index is 2.82. The number of urea groups is 1. The van der Waals surface area contributed by atoms with E-state index in [9.17, 15) is 14.4 Å². The number of fused-ring (bicyclic) bond motifs is 1. The van der Waals surface area contributed by atoms with E-state index >= 15 is 0 Å². The summed E-state index contributed by atoms with van der Waals surface area (Å²) in [4.78, 5) is 34.1. The standard InChI is InChI=1S/C9H11N5O3/c1-12-6-4-14(11-8(10)16)3-5(6)7(15)13(2)9(12)17/h3-4H,1-2H3,(H3,10,11,16). The second-order valence-corrected chi connectivity index (χ2v) is 3.65. The Morgan fingerprint density at radius 3 is 2.47 bits per heavy atom. The highest BCUT2D eigenvalue weighted by Crippen LogP contribution is 2.06. The molecule has 17 heavy (non-hydrogen) atoms. The molecule has 0 aromatic carbocycles. The van der Waals surface area contributed by atoms with Gasteiger partial charge in [0.1, 0.15) is 0 Å². The van der Waals surface area contributed by atoms with Crippen molar-refractivity contribution in [3.8, 4) is 0 Å². The molecule has 3 N–H and O–H groups in total. The van der Waals surface area contributed by atoms with Crippen molar-refractivity contribution in [1.29, 1.82) is 0 Å². The number of rotatable bonds is 1.